The van der Waals surface area contributed by atoms with Crippen molar-refractivity contribution in [2.75, 3.05) is 11.9 Å². The molecule has 2 saturated carbocycles. The molecule has 0 heterocycles. The molecular weight excluding hydrogens is 278 g/mol. The molecule has 22 heavy (non-hydrogen) atoms. The van der Waals surface area contributed by atoms with Crippen LogP contribution in [0.3, 0.4) is 0 Å². The number of nitrogens with two attached hydrogens (primary N) is 1. The van der Waals surface area contributed by atoms with Crippen molar-refractivity contribution in [3.8, 4) is 0 Å². The average molecular weight is 301 g/mol. The SMILES string of the molecule is CCNC(=O)c1ccc(NC(=O)C2C3CCC(C3)C2N)cc1. The zero-order valence-electron chi connectivity index (χ0n) is 12.8. The predicted octanol–water partition coefficient (Wildman–Crippen LogP) is 1.75. The molecule has 0 aliphatic heterocycles. The first-order valence-electron chi connectivity index (χ1n) is 8.05. The topological polar surface area (TPSA) is 84.2 Å². The van der Waals surface area contributed by atoms with Crippen LogP contribution in [0.25, 0.3) is 0 Å². The molecule has 2 amide bonds. The molecule has 3 rings (SSSR count). The molecule has 2 bridgehead atoms. The molecule has 1 aromatic rings. The molecule has 1 aromatic carbocycles. The minimum Gasteiger partial charge on any atom is -0.352 e. The number of rotatable bonds is 4. The summed E-state index contributed by atoms with van der Waals surface area (Å²) in [6.07, 6.45) is 3.37. The van der Waals surface area contributed by atoms with Crippen molar-refractivity contribution in [3.63, 3.8) is 0 Å². The van der Waals surface area contributed by atoms with Crippen molar-refractivity contribution in [3.05, 3.63) is 29.8 Å². The molecule has 0 saturated heterocycles. The molecule has 2 aliphatic carbocycles. The van der Waals surface area contributed by atoms with Crippen molar-refractivity contribution >= 4 is 17.5 Å². The second kappa shape index (κ2) is 6.08. The van der Waals surface area contributed by atoms with Gasteiger partial charge < -0.3 is 16.4 Å². The number of hydrogen-bond acceptors (Lipinski definition) is 3. The third kappa shape index (κ3) is 2.73. The summed E-state index contributed by atoms with van der Waals surface area (Å²) < 4.78 is 0. The summed E-state index contributed by atoms with van der Waals surface area (Å²) in [4.78, 5) is 24.2. The zero-order chi connectivity index (χ0) is 15.7. The van der Waals surface area contributed by atoms with Crippen LogP contribution in [0.4, 0.5) is 5.69 Å². The van der Waals surface area contributed by atoms with Gasteiger partial charge in [-0.1, -0.05) is 0 Å². The van der Waals surface area contributed by atoms with E-state index in [4.69, 9.17) is 5.73 Å². The first-order chi connectivity index (χ1) is 10.6. The molecule has 2 aliphatic rings. The quantitative estimate of drug-likeness (QED) is 0.792. The van der Waals surface area contributed by atoms with Crippen LogP contribution >= 0.6 is 0 Å². The number of nitrogens with one attached hydrogen (secondary N) is 2. The summed E-state index contributed by atoms with van der Waals surface area (Å²) in [5.41, 5.74) is 7.51. The maximum Gasteiger partial charge on any atom is 0.251 e. The van der Waals surface area contributed by atoms with Crippen molar-refractivity contribution in [1.29, 1.82) is 0 Å². The van der Waals surface area contributed by atoms with Crippen LogP contribution in [0.2, 0.25) is 0 Å². The Labute approximate surface area is 130 Å². The fourth-order valence-electron chi connectivity index (χ4n) is 3.92. The molecular formula is C17H23N3O2. The van der Waals surface area contributed by atoms with Gasteiger partial charge in [-0.3, -0.25) is 9.59 Å². The van der Waals surface area contributed by atoms with Gasteiger partial charge in [0.2, 0.25) is 5.91 Å². The van der Waals surface area contributed by atoms with E-state index >= 15 is 0 Å². The number of carbonyl (C=O) groups excluding carboxylic acids is 2. The largest absolute Gasteiger partial charge is 0.352 e. The van der Waals surface area contributed by atoms with Crippen molar-refractivity contribution in [1.82, 2.24) is 5.32 Å². The summed E-state index contributed by atoms with van der Waals surface area (Å²) in [5.74, 6) is 0.804. The fraction of sp³-hybridized carbons (Fsp3) is 0.529. The van der Waals surface area contributed by atoms with Crippen LogP contribution in [-0.4, -0.2) is 24.4 Å². The number of anilines is 1. The second-order valence-corrected chi connectivity index (χ2v) is 6.36. The Morgan fingerprint density at radius 3 is 2.45 bits per heavy atom. The zero-order valence-corrected chi connectivity index (χ0v) is 12.8. The molecule has 5 heteroatoms. The molecule has 5 nitrogen and oxygen atoms in total. The number of amides is 2. The Bertz CT molecular complexity index is 568. The Morgan fingerprint density at radius 1 is 1.18 bits per heavy atom. The van der Waals surface area contributed by atoms with Crippen LogP contribution < -0.4 is 16.4 Å². The lowest BCUT2D eigenvalue weighted by atomic mass is 9.84. The van der Waals surface area contributed by atoms with Crippen LogP contribution in [0.1, 0.15) is 36.5 Å². The van der Waals surface area contributed by atoms with E-state index < -0.39 is 0 Å². The van der Waals surface area contributed by atoms with Crippen molar-refractivity contribution in [2.24, 2.45) is 23.5 Å². The predicted molar refractivity (Wildman–Crippen MR) is 85.4 cm³/mol. The molecule has 2 fully saturated rings. The van der Waals surface area contributed by atoms with E-state index in [1.807, 2.05) is 6.92 Å². The van der Waals surface area contributed by atoms with E-state index in [1.165, 1.54) is 0 Å². The lowest BCUT2D eigenvalue weighted by molar-refractivity contribution is -0.121. The van der Waals surface area contributed by atoms with E-state index in [9.17, 15) is 9.59 Å². The molecule has 0 aromatic heterocycles. The number of carbonyl (C=O) groups is 2. The van der Waals surface area contributed by atoms with Gasteiger partial charge in [-0.25, -0.2) is 0 Å². The highest BCUT2D eigenvalue weighted by molar-refractivity contribution is 5.96. The van der Waals surface area contributed by atoms with Crippen LogP contribution in [0.5, 0.6) is 0 Å². The van der Waals surface area contributed by atoms with Gasteiger partial charge in [-0.05, 0) is 62.3 Å². The van der Waals surface area contributed by atoms with Gasteiger partial charge in [-0.2, -0.15) is 0 Å². The van der Waals surface area contributed by atoms with Gasteiger partial charge in [0.15, 0.2) is 0 Å². The van der Waals surface area contributed by atoms with Gasteiger partial charge in [0.25, 0.3) is 5.91 Å². The molecule has 0 spiro atoms. The minimum atomic E-state index is -0.101. The number of fused-ring (bicyclic) bond motifs is 2. The highest BCUT2D eigenvalue weighted by atomic mass is 16.2. The van der Waals surface area contributed by atoms with Gasteiger partial charge in [0.1, 0.15) is 0 Å². The van der Waals surface area contributed by atoms with Crippen LogP contribution in [0.15, 0.2) is 24.3 Å². The summed E-state index contributed by atoms with van der Waals surface area (Å²) in [6.45, 7) is 2.48. The number of hydrogen-bond donors (Lipinski definition) is 3. The molecule has 118 valence electrons. The normalized spacial score (nSPS) is 29.4. The third-order valence-electron chi connectivity index (χ3n) is 5.04. The monoisotopic (exact) mass is 301 g/mol. The molecule has 0 radical (unpaired) electrons. The second-order valence-electron chi connectivity index (χ2n) is 6.36. The Kier molecular flexibility index (Phi) is 4.16. The van der Waals surface area contributed by atoms with E-state index in [-0.39, 0.29) is 23.8 Å². The lowest BCUT2D eigenvalue weighted by Gasteiger charge is -2.27. The average Bonchev–Trinajstić information content (AvgIpc) is 3.09. The van der Waals surface area contributed by atoms with Crippen molar-refractivity contribution in [2.45, 2.75) is 32.2 Å². The lowest BCUT2D eigenvalue weighted by Crippen LogP contribution is -2.42. The highest BCUT2D eigenvalue weighted by Crippen LogP contribution is 2.47. The third-order valence-corrected chi connectivity index (χ3v) is 5.04. The smallest absolute Gasteiger partial charge is 0.251 e. The standard InChI is InChI=1S/C17H23N3O2/c1-2-19-16(21)10-5-7-13(8-6-10)20-17(22)14-11-3-4-12(9-11)15(14)18/h5-8,11-12,14-15H,2-4,9,18H2,1H3,(H,19,21)(H,20,22). The van der Waals surface area contributed by atoms with E-state index in [2.05, 4.69) is 10.6 Å². The van der Waals surface area contributed by atoms with Gasteiger partial charge in [0.05, 0.1) is 5.92 Å². The fourth-order valence-corrected chi connectivity index (χ4v) is 3.92. The minimum absolute atomic E-state index is 0.00615. The first kappa shape index (κ1) is 15.0. The Balaban J connectivity index is 1.63. The molecule has 4 atom stereocenters. The van der Waals surface area contributed by atoms with Gasteiger partial charge >= 0.3 is 0 Å². The Morgan fingerprint density at radius 2 is 1.86 bits per heavy atom. The van der Waals surface area contributed by atoms with E-state index in [1.54, 1.807) is 24.3 Å². The van der Waals surface area contributed by atoms with Gasteiger partial charge in [-0.15, -0.1) is 0 Å². The summed E-state index contributed by atoms with van der Waals surface area (Å²) >= 11 is 0. The summed E-state index contributed by atoms with van der Waals surface area (Å²) in [7, 11) is 0. The molecule has 4 unspecified atom stereocenters. The van der Waals surface area contributed by atoms with Crippen LogP contribution in [-0.2, 0) is 4.79 Å². The van der Waals surface area contributed by atoms with Crippen LogP contribution in [0, 0.1) is 17.8 Å². The van der Waals surface area contributed by atoms with E-state index in [0.29, 0.717) is 29.6 Å². The molecule has 4 N–H and O–H groups in total. The summed E-state index contributed by atoms with van der Waals surface area (Å²) in [6, 6.07) is 6.97. The number of benzene rings is 1. The highest BCUT2D eigenvalue weighted by Gasteiger charge is 2.49. The Hall–Kier alpha value is -1.88. The van der Waals surface area contributed by atoms with Crippen molar-refractivity contribution < 1.29 is 9.59 Å². The maximum absolute atomic E-state index is 12.5. The van der Waals surface area contributed by atoms with Gasteiger partial charge in [0, 0.05) is 23.8 Å². The first-order valence-corrected chi connectivity index (χ1v) is 8.05. The van der Waals surface area contributed by atoms with E-state index in [0.717, 1.165) is 19.3 Å². The maximum atomic E-state index is 12.5. The summed E-state index contributed by atoms with van der Waals surface area (Å²) in [5, 5.41) is 5.69.